The summed E-state index contributed by atoms with van der Waals surface area (Å²) in [6.45, 7) is 0. The Labute approximate surface area is 277 Å². The van der Waals surface area contributed by atoms with Crippen molar-refractivity contribution in [3.8, 4) is 28.3 Å². The van der Waals surface area contributed by atoms with Crippen LogP contribution in [0.15, 0.2) is 144 Å². The van der Waals surface area contributed by atoms with Crippen molar-refractivity contribution in [1.29, 1.82) is 0 Å². The molecule has 0 spiro atoms. The minimum absolute atomic E-state index is 0. The number of imidazole rings is 1. The van der Waals surface area contributed by atoms with Crippen LogP contribution in [-0.4, -0.2) is 19.5 Å². The van der Waals surface area contributed by atoms with Crippen LogP contribution in [0.4, 0.5) is 4.39 Å². The first kappa shape index (κ1) is 29.2. The number of hydrogen-bond donors (Lipinski definition) is 0. The number of pyridine rings is 2. The van der Waals surface area contributed by atoms with Gasteiger partial charge in [0.2, 0.25) is 0 Å². The quantitative estimate of drug-likeness (QED) is 0.168. The number of halogens is 1. The summed E-state index contributed by atoms with van der Waals surface area (Å²) < 4.78 is 22.1. The van der Waals surface area contributed by atoms with Crippen molar-refractivity contribution < 1.29 is 28.9 Å². The molecular weight excluding hydrogens is 752 g/mol. The number of rotatable bonds is 3. The Morgan fingerprint density at radius 3 is 2.35 bits per heavy atom. The molecular formula is C39H23FIrN4O-2. The average molecular weight is 775 g/mol. The van der Waals surface area contributed by atoms with Crippen molar-refractivity contribution in [2.75, 3.05) is 0 Å². The van der Waals surface area contributed by atoms with Gasteiger partial charge in [0.05, 0.1) is 16.9 Å². The van der Waals surface area contributed by atoms with E-state index >= 15 is 0 Å². The molecule has 0 amide bonds. The van der Waals surface area contributed by atoms with E-state index in [9.17, 15) is 4.39 Å². The van der Waals surface area contributed by atoms with E-state index in [-0.39, 0.29) is 25.9 Å². The van der Waals surface area contributed by atoms with Gasteiger partial charge in [-0.3, -0.25) is 4.98 Å². The monoisotopic (exact) mass is 775 g/mol. The van der Waals surface area contributed by atoms with Crippen molar-refractivity contribution in [2.45, 2.75) is 0 Å². The molecule has 5 nitrogen and oxygen atoms in total. The topological polar surface area (TPSA) is 56.7 Å². The van der Waals surface area contributed by atoms with Gasteiger partial charge in [0.25, 0.3) is 0 Å². The molecule has 223 valence electrons. The zero-order valence-electron chi connectivity index (χ0n) is 24.2. The minimum atomic E-state index is -0.334. The molecule has 9 rings (SSSR count). The molecule has 0 N–H and O–H groups in total. The predicted molar refractivity (Wildman–Crippen MR) is 176 cm³/mol. The number of benzene rings is 5. The molecule has 4 aromatic heterocycles. The van der Waals surface area contributed by atoms with Gasteiger partial charge in [-0.05, 0) is 36.0 Å². The third kappa shape index (κ3) is 5.26. The normalized spacial score (nSPS) is 11.0. The molecule has 7 heteroatoms. The third-order valence-electron chi connectivity index (χ3n) is 7.68. The Balaban J connectivity index is 0.000000220. The van der Waals surface area contributed by atoms with Crippen LogP contribution in [0.2, 0.25) is 0 Å². The first-order valence-electron chi connectivity index (χ1n) is 14.5. The second kappa shape index (κ2) is 12.5. The van der Waals surface area contributed by atoms with Crippen LogP contribution in [0, 0.1) is 17.9 Å². The molecule has 5 aromatic carbocycles. The molecule has 0 fully saturated rings. The summed E-state index contributed by atoms with van der Waals surface area (Å²) in [5, 5.41) is 3.84. The second-order valence-corrected chi connectivity index (χ2v) is 10.5. The van der Waals surface area contributed by atoms with Crippen LogP contribution < -0.4 is 0 Å². The molecule has 0 aliphatic carbocycles. The molecule has 0 saturated heterocycles. The van der Waals surface area contributed by atoms with Gasteiger partial charge < -0.3 is 14.0 Å². The molecule has 0 unspecified atom stereocenters. The van der Waals surface area contributed by atoms with Crippen LogP contribution >= 0.6 is 0 Å². The number of fused-ring (bicyclic) bond motifs is 6. The standard InChI is InChI=1S/C28H15FN3O.C11H8N.Ir/c29-18-13-14-21-22-11-6-12-23(26(22)33-24(21)15-18)28-31-27-25(32(28)19-8-2-1-3-9-19)20-10-5-4-7-17(20)16-30-27;1-2-6-10(7-3-1)11-8-4-5-9-12-11;/h1-11,13-16H;1-6,8-9H;/q2*-1;. The zero-order valence-corrected chi connectivity index (χ0v) is 26.6. The predicted octanol–water partition coefficient (Wildman–Crippen LogP) is 9.63. The molecule has 46 heavy (non-hydrogen) atoms. The maximum absolute atomic E-state index is 13.9. The van der Waals surface area contributed by atoms with E-state index < -0.39 is 0 Å². The Kier molecular flexibility index (Phi) is 7.93. The van der Waals surface area contributed by atoms with Gasteiger partial charge in [-0.25, -0.2) is 9.37 Å². The number of aromatic nitrogens is 4. The molecule has 4 heterocycles. The smallest absolute Gasteiger partial charge is 0.169 e. The summed E-state index contributed by atoms with van der Waals surface area (Å²) in [5.74, 6) is 0.337. The Morgan fingerprint density at radius 1 is 0.696 bits per heavy atom. The van der Waals surface area contributed by atoms with E-state index in [0.717, 1.165) is 44.0 Å². The van der Waals surface area contributed by atoms with Crippen molar-refractivity contribution in [3.05, 3.63) is 158 Å². The molecule has 0 bridgehead atoms. The summed E-state index contributed by atoms with van der Waals surface area (Å²) >= 11 is 0. The first-order valence-corrected chi connectivity index (χ1v) is 14.5. The molecule has 0 atom stereocenters. The first-order chi connectivity index (χ1) is 22.2. The fraction of sp³-hybridized carbons (Fsp3) is 0. The number of furan rings is 1. The maximum atomic E-state index is 13.9. The number of nitrogens with zero attached hydrogens (tertiary/aromatic N) is 4. The van der Waals surface area contributed by atoms with Gasteiger partial charge in [0, 0.05) is 60.4 Å². The zero-order chi connectivity index (χ0) is 30.2. The third-order valence-corrected chi connectivity index (χ3v) is 7.68. The van der Waals surface area contributed by atoms with Crippen LogP contribution in [0.1, 0.15) is 0 Å². The summed E-state index contributed by atoms with van der Waals surface area (Å²) in [7, 11) is 0. The molecule has 9 aromatic rings. The van der Waals surface area contributed by atoms with Gasteiger partial charge >= 0.3 is 0 Å². The van der Waals surface area contributed by atoms with E-state index in [0.29, 0.717) is 28.2 Å². The van der Waals surface area contributed by atoms with Gasteiger partial charge in [-0.1, -0.05) is 65.5 Å². The van der Waals surface area contributed by atoms with E-state index in [4.69, 9.17) is 9.40 Å². The van der Waals surface area contributed by atoms with Crippen LogP contribution in [0.3, 0.4) is 0 Å². The van der Waals surface area contributed by atoms with E-state index in [1.807, 2.05) is 109 Å². The molecule has 0 saturated carbocycles. The molecule has 0 aliphatic rings. The van der Waals surface area contributed by atoms with E-state index in [1.165, 1.54) is 12.1 Å². The summed E-state index contributed by atoms with van der Waals surface area (Å²) in [5.41, 5.74) is 6.35. The SMILES string of the molecule is Fc1ccc2c(c1)oc1c(-c3nc4ncc5ccccc5c4n3-c3ccccc3)[c-]ccc12.[Ir].[c-]1ccccc1-c1ccccn1. The van der Waals surface area contributed by atoms with Gasteiger partial charge in [-0.2, -0.15) is 0 Å². The molecule has 0 aliphatic heterocycles. The fourth-order valence-corrected chi connectivity index (χ4v) is 5.65. The molecule has 1 radical (unpaired) electrons. The minimum Gasteiger partial charge on any atom is -0.500 e. The van der Waals surface area contributed by atoms with Crippen molar-refractivity contribution in [1.82, 2.24) is 19.5 Å². The Morgan fingerprint density at radius 2 is 1.52 bits per heavy atom. The van der Waals surface area contributed by atoms with Crippen LogP contribution in [0.25, 0.3) is 72.2 Å². The van der Waals surface area contributed by atoms with E-state index in [1.54, 1.807) is 12.3 Å². The van der Waals surface area contributed by atoms with Crippen molar-refractivity contribution in [2.24, 2.45) is 0 Å². The van der Waals surface area contributed by atoms with Gasteiger partial charge in [0.15, 0.2) is 5.65 Å². The number of para-hydroxylation sites is 1. The maximum Gasteiger partial charge on any atom is 0.169 e. The van der Waals surface area contributed by atoms with Crippen molar-refractivity contribution >= 4 is 43.9 Å². The summed E-state index contributed by atoms with van der Waals surface area (Å²) in [4.78, 5) is 13.8. The fourth-order valence-electron chi connectivity index (χ4n) is 5.65. The summed E-state index contributed by atoms with van der Waals surface area (Å²) in [6.07, 6.45) is 3.63. The average Bonchev–Trinajstić information content (AvgIpc) is 3.68. The van der Waals surface area contributed by atoms with Gasteiger partial charge in [0.1, 0.15) is 11.4 Å². The van der Waals surface area contributed by atoms with Crippen LogP contribution in [-0.2, 0) is 20.1 Å². The Hall–Kier alpha value is -5.49. The van der Waals surface area contributed by atoms with Crippen molar-refractivity contribution in [3.63, 3.8) is 0 Å². The second-order valence-electron chi connectivity index (χ2n) is 10.5. The van der Waals surface area contributed by atoms with E-state index in [2.05, 4.69) is 32.7 Å². The number of hydrogen-bond acceptors (Lipinski definition) is 4. The van der Waals surface area contributed by atoms with Crippen LogP contribution in [0.5, 0.6) is 0 Å². The van der Waals surface area contributed by atoms with Gasteiger partial charge in [-0.15, -0.1) is 54.1 Å². The summed E-state index contributed by atoms with van der Waals surface area (Å²) in [6, 6.07) is 46.8. The Bertz CT molecular complexity index is 2410. The largest absolute Gasteiger partial charge is 0.500 e.